The van der Waals surface area contributed by atoms with Gasteiger partial charge in [-0.15, -0.1) is 0 Å². The Bertz CT molecular complexity index is 1060. The van der Waals surface area contributed by atoms with Crippen molar-refractivity contribution in [2.24, 2.45) is 5.92 Å². The summed E-state index contributed by atoms with van der Waals surface area (Å²) in [6.45, 7) is 0. The lowest BCUT2D eigenvalue weighted by atomic mass is 9.64. The van der Waals surface area contributed by atoms with Crippen LogP contribution in [0.2, 0.25) is 0 Å². The molecule has 4 atom stereocenters. The Morgan fingerprint density at radius 2 is 1.63 bits per heavy atom. The zero-order valence-corrected chi connectivity index (χ0v) is 16.8. The molecule has 4 nitrogen and oxygen atoms in total. The number of hydrogen-bond acceptors (Lipinski definition) is 4. The molecule has 0 aromatic heterocycles. The maximum absolute atomic E-state index is 13.5. The van der Waals surface area contributed by atoms with Gasteiger partial charge in [-0.25, -0.2) is 0 Å². The van der Waals surface area contributed by atoms with Crippen LogP contribution in [0.4, 0.5) is 0 Å². The Morgan fingerprint density at radius 3 is 2.37 bits per heavy atom. The topological polar surface area (TPSA) is 55.8 Å². The van der Waals surface area contributed by atoms with Crippen molar-refractivity contribution in [2.75, 3.05) is 7.11 Å². The standard InChI is InChI=1S/C26H24O4/c1-29-20-13-11-18(12-14-20)24-21-9-5-6-10-23(21)30-26(28)16-19(15-22(27)25(24)26)17-7-3-2-4-8-17/h2-14,19,24-25,28H,15-16H2,1H3/t19-,24-,25-,26?/m1/s1. The minimum Gasteiger partial charge on any atom is -0.497 e. The van der Waals surface area contributed by atoms with E-state index in [0.717, 1.165) is 22.4 Å². The molecule has 1 saturated carbocycles. The van der Waals surface area contributed by atoms with Gasteiger partial charge in [0.15, 0.2) is 0 Å². The van der Waals surface area contributed by atoms with Crippen LogP contribution in [-0.4, -0.2) is 23.8 Å². The van der Waals surface area contributed by atoms with Crippen LogP contribution < -0.4 is 9.47 Å². The van der Waals surface area contributed by atoms with Crippen LogP contribution in [0.5, 0.6) is 11.5 Å². The van der Waals surface area contributed by atoms with Crippen molar-refractivity contribution in [1.29, 1.82) is 0 Å². The number of Topliss-reactive ketones (excluding diaryl/α,β-unsaturated/α-hetero) is 1. The molecule has 3 aromatic rings. The van der Waals surface area contributed by atoms with Crippen molar-refractivity contribution in [3.8, 4) is 11.5 Å². The number of carbonyl (C=O) groups excluding carboxylic acids is 1. The van der Waals surface area contributed by atoms with E-state index in [1.54, 1.807) is 7.11 Å². The normalized spacial score (nSPS) is 27.5. The Balaban J connectivity index is 1.60. The van der Waals surface area contributed by atoms with Crippen LogP contribution in [0.15, 0.2) is 78.9 Å². The molecule has 152 valence electrons. The number of para-hydroxylation sites is 1. The first-order valence-corrected chi connectivity index (χ1v) is 10.3. The highest BCUT2D eigenvalue weighted by molar-refractivity contribution is 5.86. The van der Waals surface area contributed by atoms with E-state index in [1.165, 1.54) is 0 Å². The van der Waals surface area contributed by atoms with E-state index in [2.05, 4.69) is 0 Å². The first-order chi connectivity index (χ1) is 14.6. The molecule has 30 heavy (non-hydrogen) atoms. The Morgan fingerprint density at radius 1 is 0.933 bits per heavy atom. The highest BCUT2D eigenvalue weighted by Gasteiger charge is 2.56. The third-order valence-electron chi connectivity index (χ3n) is 6.44. The molecule has 0 bridgehead atoms. The summed E-state index contributed by atoms with van der Waals surface area (Å²) in [7, 11) is 1.63. The summed E-state index contributed by atoms with van der Waals surface area (Å²) in [4.78, 5) is 13.5. The molecule has 1 N–H and O–H groups in total. The van der Waals surface area contributed by atoms with Crippen molar-refractivity contribution in [3.63, 3.8) is 0 Å². The maximum Gasteiger partial charge on any atom is 0.219 e. The fraction of sp³-hybridized carbons (Fsp3) is 0.269. The zero-order valence-electron chi connectivity index (χ0n) is 16.8. The van der Waals surface area contributed by atoms with E-state index in [-0.39, 0.29) is 17.6 Å². The molecule has 1 unspecified atom stereocenters. The number of aliphatic hydroxyl groups is 1. The average Bonchev–Trinajstić information content (AvgIpc) is 2.78. The van der Waals surface area contributed by atoms with Gasteiger partial charge in [-0.2, -0.15) is 0 Å². The quantitative estimate of drug-likeness (QED) is 0.694. The highest BCUT2D eigenvalue weighted by Crippen LogP contribution is 2.54. The number of ether oxygens (including phenoxy) is 2. The van der Waals surface area contributed by atoms with Crippen LogP contribution in [0.25, 0.3) is 0 Å². The van der Waals surface area contributed by atoms with E-state index < -0.39 is 11.7 Å². The van der Waals surface area contributed by atoms with E-state index in [1.807, 2.05) is 78.9 Å². The Kier molecular flexibility index (Phi) is 4.59. The lowest BCUT2D eigenvalue weighted by molar-refractivity contribution is -0.209. The van der Waals surface area contributed by atoms with Gasteiger partial charge in [0.1, 0.15) is 17.3 Å². The number of carbonyl (C=O) groups is 1. The minimum absolute atomic E-state index is 0.0351. The second kappa shape index (κ2) is 7.29. The molecule has 4 heteroatoms. The highest BCUT2D eigenvalue weighted by atomic mass is 16.6. The van der Waals surface area contributed by atoms with E-state index in [9.17, 15) is 9.90 Å². The molecular formula is C26H24O4. The number of ketones is 1. The van der Waals surface area contributed by atoms with Crippen molar-refractivity contribution in [1.82, 2.24) is 0 Å². The molecule has 1 aliphatic heterocycles. The summed E-state index contributed by atoms with van der Waals surface area (Å²) >= 11 is 0. The molecule has 2 aliphatic rings. The number of methoxy groups -OCH3 is 1. The van der Waals surface area contributed by atoms with Crippen LogP contribution in [0.3, 0.4) is 0 Å². The second-order valence-electron chi connectivity index (χ2n) is 8.20. The fourth-order valence-electron chi connectivity index (χ4n) is 5.07. The van der Waals surface area contributed by atoms with Crippen molar-refractivity contribution in [2.45, 2.75) is 30.5 Å². The molecule has 0 spiro atoms. The second-order valence-corrected chi connectivity index (χ2v) is 8.20. The van der Waals surface area contributed by atoms with Crippen LogP contribution in [-0.2, 0) is 4.79 Å². The molecule has 0 radical (unpaired) electrons. The predicted octanol–water partition coefficient (Wildman–Crippen LogP) is 4.67. The van der Waals surface area contributed by atoms with Crippen molar-refractivity contribution >= 4 is 5.78 Å². The first kappa shape index (κ1) is 18.9. The van der Waals surface area contributed by atoms with Gasteiger partial charge in [-0.3, -0.25) is 4.79 Å². The van der Waals surface area contributed by atoms with Gasteiger partial charge in [0.2, 0.25) is 5.79 Å². The van der Waals surface area contributed by atoms with Crippen molar-refractivity contribution in [3.05, 3.63) is 95.6 Å². The van der Waals surface area contributed by atoms with Gasteiger partial charge in [0.25, 0.3) is 0 Å². The summed E-state index contributed by atoms with van der Waals surface area (Å²) in [6, 6.07) is 25.4. The SMILES string of the molecule is COc1ccc([C@@H]2c3ccccc3OC3(O)C[C@H](c4ccccc4)CC(=O)[C@H]23)cc1. The van der Waals surface area contributed by atoms with Gasteiger partial charge in [0, 0.05) is 24.3 Å². The largest absolute Gasteiger partial charge is 0.497 e. The monoisotopic (exact) mass is 400 g/mol. The molecule has 5 rings (SSSR count). The summed E-state index contributed by atoms with van der Waals surface area (Å²) in [5.41, 5.74) is 2.96. The predicted molar refractivity (Wildman–Crippen MR) is 114 cm³/mol. The van der Waals surface area contributed by atoms with Crippen LogP contribution >= 0.6 is 0 Å². The summed E-state index contributed by atoms with van der Waals surface area (Å²) in [6.07, 6.45) is 0.781. The van der Waals surface area contributed by atoms with E-state index in [0.29, 0.717) is 18.6 Å². The molecule has 1 fully saturated rings. The lowest BCUT2D eigenvalue weighted by Gasteiger charge is -2.49. The van der Waals surface area contributed by atoms with Crippen LogP contribution in [0.1, 0.15) is 41.4 Å². The number of hydrogen-bond donors (Lipinski definition) is 1. The summed E-state index contributed by atoms with van der Waals surface area (Å²) in [5.74, 6) is -1.10. The fourth-order valence-corrected chi connectivity index (χ4v) is 5.07. The number of fused-ring (bicyclic) bond motifs is 2. The van der Waals surface area contributed by atoms with E-state index in [4.69, 9.17) is 9.47 Å². The summed E-state index contributed by atoms with van der Waals surface area (Å²) < 4.78 is 11.4. The lowest BCUT2D eigenvalue weighted by Crippen LogP contribution is -2.56. The van der Waals surface area contributed by atoms with Gasteiger partial charge in [0.05, 0.1) is 13.0 Å². The van der Waals surface area contributed by atoms with E-state index >= 15 is 0 Å². The molecule has 0 amide bonds. The third kappa shape index (κ3) is 3.08. The minimum atomic E-state index is -1.55. The van der Waals surface area contributed by atoms with Gasteiger partial charge in [-0.1, -0.05) is 60.7 Å². The number of benzene rings is 3. The molecule has 3 aromatic carbocycles. The number of rotatable bonds is 3. The summed E-state index contributed by atoms with van der Waals surface area (Å²) in [5, 5.41) is 11.7. The Hall–Kier alpha value is -3.11. The smallest absolute Gasteiger partial charge is 0.219 e. The zero-order chi connectivity index (χ0) is 20.7. The molecule has 1 heterocycles. The third-order valence-corrected chi connectivity index (χ3v) is 6.44. The molecule has 0 saturated heterocycles. The van der Waals surface area contributed by atoms with Gasteiger partial charge >= 0.3 is 0 Å². The average molecular weight is 400 g/mol. The Labute approximate surface area is 176 Å². The maximum atomic E-state index is 13.5. The molecule has 1 aliphatic carbocycles. The van der Waals surface area contributed by atoms with Crippen LogP contribution in [0, 0.1) is 5.92 Å². The molecular weight excluding hydrogens is 376 g/mol. The van der Waals surface area contributed by atoms with Gasteiger partial charge in [-0.05, 0) is 35.2 Å². The van der Waals surface area contributed by atoms with Crippen molar-refractivity contribution < 1.29 is 19.4 Å². The first-order valence-electron chi connectivity index (χ1n) is 10.3. The van der Waals surface area contributed by atoms with Gasteiger partial charge < -0.3 is 14.6 Å².